The first-order chi connectivity index (χ1) is 7.36. The molecular weight excluding hydrogens is 303 g/mol. The van der Waals surface area contributed by atoms with Gasteiger partial charge in [-0.2, -0.15) is 0 Å². The number of hydrogen-bond donors (Lipinski definition) is 0. The maximum absolute atomic E-state index is 5.71. The fourth-order valence-corrected chi connectivity index (χ4v) is 2.28. The van der Waals surface area contributed by atoms with E-state index in [0.717, 1.165) is 25.4 Å². The van der Waals surface area contributed by atoms with Crippen molar-refractivity contribution in [3.05, 3.63) is 27.8 Å². The van der Waals surface area contributed by atoms with E-state index in [1.165, 1.54) is 16.4 Å². The summed E-state index contributed by atoms with van der Waals surface area (Å²) < 4.78 is 12.4. The van der Waals surface area contributed by atoms with Crippen LogP contribution in [0.25, 0.3) is 0 Å². The van der Waals surface area contributed by atoms with E-state index in [1.54, 1.807) is 0 Å². The average Bonchev–Trinajstić information content (AvgIpc) is 2.74. The minimum atomic E-state index is 0.423. The van der Waals surface area contributed by atoms with Gasteiger partial charge in [-0.25, -0.2) is 0 Å². The number of para-hydroxylation sites is 1. The molecule has 1 aromatic rings. The molecule has 1 saturated heterocycles. The quantitative estimate of drug-likeness (QED) is 0.794. The third-order valence-electron chi connectivity index (χ3n) is 2.56. The molecule has 2 nitrogen and oxygen atoms in total. The van der Waals surface area contributed by atoms with Gasteiger partial charge in [-0.3, -0.25) is 0 Å². The Kier molecular flexibility index (Phi) is 4.26. The molecule has 1 fully saturated rings. The molecule has 2 rings (SSSR count). The molecule has 0 N–H and O–H groups in total. The second-order valence-electron chi connectivity index (χ2n) is 3.70. The smallest absolute Gasteiger partial charge is 0.132 e. The van der Waals surface area contributed by atoms with Gasteiger partial charge in [-0.1, -0.05) is 12.1 Å². The van der Waals surface area contributed by atoms with E-state index < -0.39 is 0 Å². The highest BCUT2D eigenvalue weighted by Crippen LogP contribution is 2.21. The van der Waals surface area contributed by atoms with Crippen LogP contribution in [0.15, 0.2) is 24.3 Å². The molecule has 0 spiro atoms. The molecule has 0 saturated carbocycles. The molecule has 82 valence electrons. The summed E-state index contributed by atoms with van der Waals surface area (Å²) in [6.45, 7) is 1.68. The van der Waals surface area contributed by atoms with Crippen LogP contribution in [0.3, 0.4) is 0 Å². The summed E-state index contributed by atoms with van der Waals surface area (Å²) >= 11 is 2.29. The van der Waals surface area contributed by atoms with Gasteiger partial charge in [0.05, 0.1) is 16.3 Å². The van der Waals surface area contributed by atoms with E-state index in [-0.39, 0.29) is 0 Å². The molecule has 1 aliphatic rings. The lowest BCUT2D eigenvalue weighted by atomic mass is 10.2. The van der Waals surface area contributed by atoms with E-state index in [1.807, 2.05) is 18.2 Å². The zero-order valence-electron chi connectivity index (χ0n) is 8.62. The van der Waals surface area contributed by atoms with Crippen molar-refractivity contribution in [2.45, 2.75) is 25.4 Å². The number of rotatable bonds is 4. The van der Waals surface area contributed by atoms with Crippen molar-refractivity contribution < 1.29 is 9.47 Å². The van der Waals surface area contributed by atoms with Crippen LogP contribution in [-0.4, -0.2) is 19.3 Å². The summed E-state index contributed by atoms with van der Waals surface area (Å²) in [7, 11) is 0. The Morgan fingerprint density at radius 3 is 3.00 bits per heavy atom. The fourth-order valence-electron chi connectivity index (χ4n) is 1.73. The third-order valence-corrected chi connectivity index (χ3v) is 3.45. The van der Waals surface area contributed by atoms with Crippen LogP contribution in [0, 0.1) is 3.57 Å². The van der Waals surface area contributed by atoms with E-state index >= 15 is 0 Å². The van der Waals surface area contributed by atoms with Gasteiger partial charge in [-0.05, 0) is 47.6 Å². The maximum Gasteiger partial charge on any atom is 0.132 e. The Morgan fingerprint density at radius 1 is 1.40 bits per heavy atom. The first-order valence-electron chi connectivity index (χ1n) is 5.35. The zero-order valence-corrected chi connectivity index (χ0v) is 10.8. The topological polar surface area (TPSA) is 18.5 Å². The van der Waals surface area contributed by atoms with Gasteiger partial charge in [0, 0.05) is 13.0 Å². The minimum Gasteiger partial charge on any atom is -0.492 e. The predicted octanol–water partition coefficient (Wildman–Crippen LogP) is 3.24. The number of hydrogen-bond acceptors (Lipinski definition) is 2. The van der Waals surface area contributed by atoms with Gasteiger partial charge in [0.1, 0.15) is 5.75 Å². The SMILES string of the molecule is Ic1ccccc1OCCC1CCCO1. The van der Waals surface area contributed by atoms with Gasteiger partial charge >= 0.3 is 0 Å². The van der Waals surface area contributed by atoms with Crippen LogP contribution in [-0.2, 0) is 4.74 Å². The molecule has 1 atom stereocenters. The predicted molar refractivity (Wildman–Crippen MR) is 68.2 cm³/mol. The van der Waals surface area contributed by atoms with E-state index in [9.17, 15) is 0 Å². The zero-order chi connectivity index (χ0) is 10.5. The summed E-state index contributed by atoms with van der Waals surface area (Å²) in [6, 6.07) is 8.09. The first-order valence-corrected chi connectivity index (χ1v) is 6.43. The summed E-state index contributed by atoms with van der Waals surface area (Å²) in [6.07, 6.45) is 3.82. The van der Waals surface area contributed by atoms with Crippen molar-refractivity contribution in [2.75, 3.05) is 13.2 Å². The Balaban J connectivity index is 1.75. The second kappa shape index (κ2) is 5.70. The standard InChI is InChI=1S/C12H15IO2/c13-11-5-1-2-6-12(11)15-9-7-10-4-3-8-14-10/h1-2,5-6,10H,3-4,7-9H2. The first kappa shape index (κ1) is 11.2. The fraction of sp³-hybridized carbons (Fsp3) is 0.500. The summed E-state index contributed by atoms with van der Waals surface area (Å²) in [5.41, 5.74) is 0. The minimum absolute atomic E-state index is 0.423. The van der Waals surface area contributed by atoms with Gasteiger partial charge in [0.25, 0.3) is 0 Å². The average molecular weight is 318 g/mol. The molecule has 1 unspecified atom stereocenters. The van der Waals surface area contributed by atoms with Crippen molar-refractivity contribution in [1.82, 2.24) is 0 Å². The van der Waals surface area contributed by atoms with Gasteiger partial charge in [0.2, 0.25) is 0 Å². The molecule has 0 aromatic heterocycles. The molecule has 0 radical (unpaired) electrons. The van der Waals surface area contributed by atoms with Gasteiger partial charge in [-0.15, -0.1) is 0 Å². The summed E-state index contributed by atoms with van der Waals surface area (Å²) in [5.74, 6) is 0.982. The van der Waals surface area contributed by atoms with Crippen molar-refractivity contribution in [3.8, 4) is 5.75 Å². The van der Waals surface area contributed by atoms with Crippen molar-refractivity contribution >= 4 is 22.6 Å². The summed E-state index contributed by atoms with van der Waals surface area (Å²) in [4.78, 5) is 0. The maximum atomic E-state index is 5.71. The third kappa shape index (κ3) is 3.34. The summed E-state index contributed by atoms with van der Waals surface area (Å²) in [5, 5.41) is 0. The van der Waals surface area contributed by atoms with E-state index in [2.05, 4.69) is 28.7 Å². The normalized spacial score (nSPS) is 20.5. The van der Waals surface area contributed by atoms with E-state index in [0.29, 0.717) is 6.10 Å². The Morgan fingerprint density at radius 2 is 2.27 bits per heavy atom. The molecule has 15 heavy (non-hydrogen) atoms. The molecule has 1 aromatic carbocycles. The Labute approximate surface area is 104 Å². The van der Waals surface area contributed by atoms with Crippen LogP contribution < -0.4 is 4.74 Å². The number of benzene rings is 1. The van der Waals surface area contributed by atoms with Gasteiger partial charge in [0.15, 0.2) is 0 Å². The largest absolute Gasteiger partial charge is 0.492 e. The van der Waals surface area contributed by atoms with E-state index in [4.69, 9.17) is 9.47 Å². The van der Waals surface area contributed by atoms with Crippen molar-refractivity contribution in [2.24, 2.45) is 0 Å². The van der Waals surface area contributed by atoms with Crippen LogP contribution in [0.1, 0.15) is 19.3 Å². The van der Waals surface area contributed by atoms with Crippen LogP contribution >= 0.6 is 22.6 Å². The molecule has 3 heteroatoms. The molecule has 1 heterocycles. The highest BCUT2D eigenvalue weighted by molar-refractivity contribution is 14.1. The molecular formula is C12H15IO2. The van der Waals surface area contributed by atoms with Crippen LogP contribution in [0.2, 0.25) is 0 Å². The van der Waals surface area contributed by atoms with Crippen molar-refractivity contribution in [3.63, 3.8) is 0 Å². The molecule has 1 aliphatic heterocycles. The Hall–Kier alpha value is -0.290. The lowest BCUT2D eigenvalue weighted by molar-refractivity contribution is 0.0902. The van der Waals surface area contributed by atoms with Crippen molar-refractivity contribution in [1.29, 1.82) is 0 Å². The monoisotopic (exact) mass is 318 g/mol. The second-order valence-corrected chi connectivity index (χ2v) is 4.86. The highest BCUT2D eigenvalue weighted by atomic mass is 127. The Bertz CT molecular complexity index is 308. The molecule has 0 aliphatic carbocycles. The number of halogens is 1. The van der Waals surface area contributed by atoms with Gasteiger partial charge < -0.3 is 9.47 Å². The molecule has 0 amide bonds. The molecule has 0 bridgehead atoms. The number of ether oxygens (including phenoxy) is 2. The van der Waals surface area contributed by atoms with Crippen LogP contribution in [0.5, 0.6) is 5.75 Å². The lowest BCUT2D eigenvalue weighted by Crippen LogP contribution is -2.11. The highest BCUT2D eigenvalue weighted by Gasteiger charge is 2.15. The lowest BCUT2D eigenvalue weighted by Gasteiger charge is -2.11. The van der Waals surface area contributed by atoms with Crippen LogP contribution in [0.4, 0.5) is 0 Å².